The van der Waals surface area contributed by atoms with Crippen LogP contribution in [0.1, 0.15) is 18.6 Å². The molecule has 0 fully saturated rings. The predicted octanol–water partition coefficient (Wildman–Crippen LogP) is 1.76. The van der Waals surface area contributed by atoms with E-state index in [9.17, 15) is 18.7 Å². The first-order chi connectivity index (χ1) is 7.39. The fourth-order valence-electron chi connectivity index (χ4n) is 1.27. The van der Waals surface area contributed by atoms with Crippen LogP contribution in [0.2, 0.25) is 0 Å². The van der Waals surface area contributed by atoms with E-state index in [1.807, 2.05) is 0 Å². The van der Waals surface area contributed by atoms with Crippen LogP contribution in [0.25, 0.3) is 0 Å². The third-order valence-electron chi connectivity index (χ3n) is 2.28. The second-order valence-corrected chi connectivity index (χ2v) is 3.52. The third kappa shape index (κ3) is 2.36. The van der Waals surface area contributed by atoms with E-state index in [4.69, 9.17) is 0 Å². The lowest BCUT2D eigenvalue weighted by atomic mass is 9.94. The van der Waals surface area contributed by atoms with Gasteiger partial charge in [0.05, 0.1) is 7.11 Å². The highest BCUT2D eigenvalue weighted by atomic mass is 19.1. The van der Waals surface area contributed by atoms with Crippen molar-refractivity contribution in [2.24, 2.45) is 0 Å². The molecular formula is C11H12F2O3. The fourth-order valence-corrected chi connectivity index (χ4v) is 1.27. The van der Waals surface area contributed by atoms with Crippen molar-refractivity contribution in [2.45, 2.75) is 18.7 Å². The van der Waals surface area contributed by atoms with Gasteiger partial charge in [-0.3, -0.25) is 0 Å². The summed E-state index contributed by atoms with van der Waals surface area (Å²) in [5.41, 5.74) is -2.45. The number of benzene rings is 1. The van der Waals surface area contributed by atoms with Gasteiger partial charge in [0, 0.05) is 0 Å². The number of carbonyl (C=O) groups is 1. The summed E-state index contributed by atoms with van der Waals surface area (Å²) in [6, 6.07) is 4.57. The van der Waals surface area contributed by atoms with E-state index in [1.54, 1.807) is 0 Å². The summed E-state index contributed by atoms with van der Waals surface area (Å²) < 4.78 is 30.7. The monoisotopic (exact) mass is 230 g/mol. The van der Waals surface area contributed by atoms with E-state index in [-0.39, 0.29) is 5.56 Å². The molecule has 5 heteroatoms. The Balaban J connectivity index is 2.97. The van der Waals surface area contributed by atoms with Gasteiger partial charge in [-0.15, -0.1) is 0 Å². The first-order valence-corrected chi connectivity index (χ1v) is 4.60. The number of hydrogen-bond acceptors (Lipinski definition) is 3. The Morgan fingerprint density at radius 3 is 2.38 bits per heavy atom. The van der Waals surface area contributed by atoms with Crippen molar-refractivity contribution >= 4 is 5.97 Å². The Morgan fingerprint density at radius 1 is 1.44 bits per heavy atom. The number of methoxy groups -OCH3 is 1. The molecule has 1 rings (SSSR count). The molecule has 0 radical (unpaired) electrons. The van der Waals surface area contributed by atoms with Crippen molar-refractivity contribution in [3.8, 4) is 0 Å². The van der Waals surface area contributed by atoms with Gasteiger partial charge in [-0.25, -0.2) is 13.6 Å². The maximum Gasteiger partial charge on any atom is 0.346 e. The van der Waals surface area contributed by atoms with E-state index >= 15 is 0 Å². The molecule has 16 heavy (non-hydrogen) atoms. The minimum absolute atomic E-state index is 0.108. The molecule has 1 aromatic rings. The minimum atomic E-state index is -2.56. The second-order valence-electron chi connectivity index (χ2n) is 3.52. The van der Waals surface area contributed by atoms with Crippen LogP contribution in [0, 0.1) is 5.82 Å². The molecule has 0 saturated carbocycles. The lowest BCUT2D eigenvalue weighted by Gasteiger charge is -2.23. The fraction of sp³-hybridized carbons (Fsp3) is 0.364. The topological polar surface area (TPSA) is 46.5 Å². The van der Waals surface area contributed by atoms with Crippen molar-refractivity contribution in [2.75, 3.05) is 7.11 Å². The summed E-state index contributed by atoms with van der Waals surface area (Å²) in [5, 5.41) is 9.64. The number of alkyl halides is 1. The summed E-state index contributed by atoms with van der Waals surface area (Å²) in [6.45, 7) is 0.910. The SMILES string of the molecule is COC(=O)[C@](C)(F)[C@H](O)c1ccc(F)cc1. The number of aliphatic hydroxyl groups excluding tert-OH is 1. The average molecular weight is 230 g/mol. The molecule has 3 nitrogen and oxygen atoms in total. The second kappa shape index (κ2) is 4.57. The van der Waals surface area contributed by atoms with Crippen LogP contribution in [-0.2, 0) is 9.53 Å². The summed E-state index contributed by atoms with van der Waals surface area (Å²) in [6.07, 6.45) is -1.69. The zero-order valence-corrected chi connectivity index (χ0v) is 8.91. The number of hydrogen-bond donors (Lipinski definition) is 1. The van der Waals surface area contributed by atoms with E-state index in [0.29, 0.717) is 0 Å². The number of halogens is 2. The van der Waals surface area contributed by atoms with Crippen molar-refractivity contribution in [1.82, 2.24) is 0 Å². The average Bonchev–Trinajstić information content (AvgIpc) is 2.28. The Morgan fingerprint density at radius 2 is 1.94 bits per heavy atom. The normalized spacial score (nSPS) is 16.3. The quantitative estimate of drug-likeness (QED) is 0.805. The molecule has 0 saturated heterocycles. The molecule has 0 aliphatic heterocycles. The summed E-state index contributed by atoms with van der Waals surface area (Å²) in [7, 11) is 1.03. The summed E-state index contributed by atoms with van der Waals surface area (Å²) >= 11 is 0. The third-order valence-corrected chi connectivity index (χ3v) is 2.28. The first kappa shape index (κ1) is 12.6. The van der Waals surface area contributed by atoms with Crippen molar-refractivity contribution in [3.63, 3.8) is 0 Å². The molecule has 0 unspecified atom stereocenters. The van der Waals surface area contributed by atoms with Gasteiger partial charge in [-0.05, 0) is 24.6 Å². The van der Waals surface area contributed by atoms with Gasteiger partial charge in [0.15, 0.2) is 0 Å². The smallest absolute Gasteiger partial charge is 0.346 e. The predicted molar refractivity (Wildman–Crippen MR) is 52.9 cm³/mol. The van der Waals surface area contributed by atoms with Crippen LogP contribution >= 0.6 is 0 Å². The molecule has 0 amide bonds. The van der Waals surface area contributed by atoms with Crippen LogP contribution in [0.5, 0.6) is 0 Å². The van der Waals surface area contributed by atoms with Crippen LogP contribution in [0.3, 0.4) is 0 Å². The van der Waals surface area contributed by atoms with E-state index in [2.05, 4.69) is 4.74 Å². The summed E-state index contributed by atoms with van der Waals surface area (Å²) in [5.74, 6) is -1.68. The minimum Gasteiger partial charge on any atom is -0.467 e. The first-order valence-electron chi connectivity index (χ1n) is 4.60. The van der Waals surface area contributed by atoms with Gasteiger partial charge < -0.3 is 9.84 Å². The van der Waals surface area contributed by atoms with Crippen LogP contribution < -0.4 is 0 Å². The van der Waals surface area contributed by atoms with Gasteiger partial charge in [0.25, 0.3) is 0 Å². The number of ether oxygens (including phenoxy) is 1. The van der Waals surface area contributed by atoms with Crippen LogP contribution in [-0.4, -0.2) is 23.9 Å². The lowest BCUT2D eigenvalue weighted by molar-refractivity contribution is -0.161. The molecule has 0 aromatic heterocycles. The molecule has 0 bridgehead atoms. The van der Waals surface area contributed by atoms with Crippen molar-refractivity contribution < 1.29 is 23.4 Å². The zero-order chi connectivity index (χ0) is 12.3. The lowest BCUT2D eigenvalue weighted by Crippen LogP contribution is -2.38. The van der Waals surface area contributed by atoms with Gasteiger partial charge in [0.2, 0.25) is 5.67 Å². The van der Waals surface area contributed by atoms with Crippen LogP contribution in [0.15, 0.2) is 24.3 Å². The standard InChI is InChI=1S/C11H12F2O3/c1-11(13,10(15)16-2)9(14)7-3-5-8(12)6-4-7/h3-6,9,14H,1-2H3/t9-,11-/m1/s1. The molecule has 0 spiro atoms. The van der Waals surface area contributed by atoms with E-state index in [0.717, 1.165) is 26.2 Å². The summed E-state index contributed by atoms with van der Waals surface area (Å²) in [4.78, 5) is 11.1. The van der Waals surface area contributed by atoms with Crippen LogP contribution in [0.4, 0.5) is 8.78 Å². The Bertz CT molecular complexity index is 373. The zero-order valence-electron chi connectivity index (χ0n) is 8.91. The van der Waals surface area contributed by atoms with Gasteiger partial charge in [-0.2, -0.15) is 0 Å². The Labute approximate surface area is 91.7 Å². The Hall–Kier alpha value is -1.49. The molecular weight excluding hydrogens is 218 g/mol. The highest BCUT2D eigenvalue weighted by molar-refractivity contribution is 5.79. The van der Waals surface area contributed by atoms with Gasteiger partial charge in [0.1, 0.15) is 11.9 Å². The molecule has 1 aromatic carbocycles. The molecule has 2 atom stereocenters. The molecule has 0 aliphatic carbocycles. The van der Waals surface area contributed by atoms with E-state index in [1.165, 1.54) is 12.1 Å². The van der Waals surface area contributed by atoms with E-state index < -0.39 is 23.6 Å². The Kier molecular flexibility index (Phi) is 3.59. The number of aliphatic hydroxyl groups is 1. The maximum absolute atomic E-state index is 13.8. The highest BCUT2D eigenvalue weighted by Crippen LogP contribution is 2.30. The largest absolute Gasteiger partial charge is 0.467 e. The highest BCUT2D eigenvalue weighted by Gasteiger charge is 2.43. The molecule has 1 N–H and O–H groups in total. The van der Waals surface area contributed by atoms with Gasteiger partial charge in [-0.1, -0.05) is 12.1 Å². The van der Waals surface area contributed by atoms with Crippen molar-refractivity contribution in [1.29, 1.82) is 0 Å². The molecule has 0 heterocycles. The van der Waals surface area contributed by atoms with Gasteiger partial charge >= 0.3 is 5.97 Å². The molecule has 88 valence electrons. The number of esters is 1. The molecule has 0 aliphatic rings. The number of rotatable bonds is 3. The maximum atomic E-state index is 13.8. The number of carbonyl (C=O) groups excluding carboxylic acids is 1. The van der Waals surface area contributed by atoms with Crippen molar-refractivity contribution in [3.05, 3.63) is 35.6 Å².